The maximum atomic E-state index is 13.1. The van der Waals surface area contributed by atoms with Crippen LogP contribution >= 0.6 is 0 Å². The van der Waals surface area contributed by atoms with Crippen molar-refractivity contribution < 1.29 is 28.5 Å². The smallest absolute Gasteiger partial charge is 0.265 e. The van der Waals surface area contributed by atoms with Gasteiger partial charge >= 0.3 is 0 Å². The number of para-hydroxylation sites is 2. The molecule has 2 aromatic rings. The average Bonchev–Trinajstić information content (AvgIpc) is 2.87. The molecule has 9 nitrogen and oxygen atoms in total. The molecule has 0 aliphatic carbocycles. The highest BCUT2D eigenvalue weighted by Gasteiger charge is 2.34. The van der Waals surface area contributed by atoms with E-state index in [9.17, 15) is 9.59 Å². The van der Waals surface area contributed by atoms with Crippen molar-refractivity contribution in [3.05, 3.63) is 36.4 Å². The maximum Gasteiger partial charge on any atom is 0.265 e. The number of carbonyl (C=O) groups excluding carboxylic acids is 2. The minimum Gasteiger partial charge on any atom is -0.493 e. The minimum absolute atomic E-state index is 0.0239. The summed E-state index contributed by atoms with van der Waals surface area (Å²) in [5.41, 5.74) is 1.30. The average molecular weight is 470 g/mol. The number of benzene rings is 2. The summed E-state index contributed by atoms with van der Waals surface area (Å²) in [5.74, 6) is 1.68. The van der Waals surface area contributed by atoms with E-state index in [0.29, 0.717) is 35.2 Å². The maximum absolute atomic E-state index is 13.1. The van der Waals surface area contributed by atoms with E-state index < -0.39 is 6.10 Å². The van der Waals surface area contributed by atoms with Gasteiger partial charge < -0.3 is 34.1 Å². The Morgan fingerprint density at radius 2 is 1.68 bits per heavy atom. The molecule has 2 aliphatic heterocycles. The van der Waals surface area contributed by atoms with Gasteiger partial charge in [-0.05, 0) is 31.4 Å². The number of hydrogen-bond acceptors (Lipinski definition) is 7. The van der Waals surface area contributed by atoms with E-state index in [1.807, 2.05) is 34.1 Å². The minimum atomic E-state index is -0.651. The zero-order valence-corrected chi connectivity index (χ0v) is 19.8. The van der Waals surface area contributed by atoms with Crippen LogP contribution in [0.3, 0.4) is 0 Å². The van der Waals surface area contributed by atoms with Gasteiger partial charge in [0.05, 0.1) is 40.1 Å². The molecule has 0 spiro atoms. The topological polar surface area (TPSA) is 89.6 Å². The van der Waals surface area contributed by atoms with Crippen molar-refractivity contribution >= 4 is 23.2 Å². The Kier molecular flexibility index (Phi) is 7.30. The van der Waals surface area contributed by atoms with Crippen molar-refractivity contribution in [2.24, 2.45) is 0 Å². The number of rotatable bonds is 7. The summed E-state index contributed by atoms with van der Waals surface area (Å²) < 4.78 is 22.1. The number of hydrogen-bond donors (Lipinski definition) is 1. The van der Waals surface area contributed by atoms with E-state index in [-0.39, 0.29) is 18.4 Å². The van der Waals surface area contributed by atoms with Gasteiger partial charge in [0.25, 0.3) is 5.91 Å². The molecule has 0 unspecified atom stereocenters. The van der Waals surface area contributed by atoms with Crippen molar-refractivity contribution in [1.82, 2.24) is 4.90 Å². The summed E-state index contributed by atoms with van der Waals surface area (Å²) in [4.78, 5) is 29.9. The number of nitrogens with zero attached hydrogens (tertiary/aromatic N) is 2. The molecule has 1 N–H and O–H groups in total. The van der Waals surface area contributed by atoms with Crippen LogP contribution in [0.2, 0.25) is 0 Å². The molecule has 2 amide bonds. The predicted molar refractivity (Wildman–Crippen MR) is 128 cm³/mol. The van der Waals surface area contributed by atoms with E-state index in [2.05, 4.69) is 5.32 Å². The Balaban J connectivity index is 1.50. The largest absolute Gasteiger partial charge is 0.493 e. The molecule has 34 heavy (non-hydrogen) atoms. The van der Waals surface area contributed by atoms with Gasteiger partial charge in [0, 0.05) is 30.9 Å². The summed E-state index contributed by atoms with van der Waals surface area (Å²) >= 11 is 0. The van der Waals surface area contributed by atoms with Crippen LogP contribution in [0.25, 0.3) is 0 Å². The third kappa shape index (κ3) is 4.98. The molecular weight excluding hydrogens is 438 g/mol. The van der Waals surface area contributed by atoms with Crippen molar-refractivity contribution in [2.45, 2.75) is 25.4 Å². The van der Waals surface area contributed by atoms with Gasteiger partial charge in [-0.15, -0.1) is 0 Å². The van der Waals surface area contributed by atoms with Gasteiger partial charge in [0.1, 0.15) is 5.75 Å². The Labute approximate surface area is 199 Å². The van der Waals surface area contributed by atoms with Crippen LogP contribution in [0.1, 0.15) is 19.3 Å². The van der Waals surface area contributed by atoms with Crippen LogP contribution in [0.4, 0.5) is 11.4 Å². The zero-order valence-electron chi connectivity index (χ0n) is 19.8. The molecule has 0 radical (unpaired) electrons. The van der Waals surface area contributed by atoms with Crippen LogP contribution in [0, 0.1) is 0 Å². The number of likely N-dealkylation sites (tertiary alicyclic amines) is 1. The molecule has 4 rings (SSSR count). The number of ether oxygens (including phenoxy) is 4. The fraction of sp³-hybridized carbons (Fsp3) is 0.440. The number of anilines is 2. The highest BCUT2D eigenvalue weighted by Crippen LogP contribution is 2.40. The van der Waals surface area contributed by atoms with Gasteiger partial charge in [-0.25, -0.2) is 0 Å². The first kappa shape index (κ1) is 23.5. The highest BCUT2D eigenvalue weighted by molar-refractivity contribution is 5.95. The first-order chi connectivity index (χ1) is 16.5. The molecule has 182 valence electrons. The van der Waals surface area contributed by atoms with E-state index in [1.54, 1.807) is 12.1 Å². The Hall–Kier alpha value is -3.62. The van der Waals surface area contributed by atoms with Gasteiger partial charge in [-0.1, -0.05) is 12.1 Å². The molecule has 2 aromatic carbocycles. The zero-order chi connectivity index (χ0) is 24.1. The normalized spacial score (nSPS) is 17.3. The molecule has 0 saturated carbocycles. The van der Waals surface area contributed by atoms with Gasteiger partial charge in [0.2, 0.25) is 11.7 Å². The number of carbonyl (C=O) groups is 2. The van der Waals surface area contributed by atoms with E-state index in [4.69, 9.17) is 18.9 Å². The number of nitrogens with one attached hydrogen (secondary N) is 1. The van der Waals surface area contributed by atoms with Crippen LogP contribution in [0.15, 0.2) is 36.4 Å². The quantitative estimate of drug-likeness (QED) is 0.667. The fourth-order valence-corrected chi connectivity index (χ4v) is 4.43. The first-order valence-corrected chi connectivity index (χ1v) is 11.4. The monoisotopic (exact) mass is 469 g/mol. The van der Waals surface area contributed by atoms with Crippen molar-refractivity contribution in [3.8, 4) is 23.0 Å². The lowest BCUT2D eigenvalue weighted by Gasteiger charge is -2.38. The summed E-state index contributed by atoms with van der Waals surface area (Å²) in [6.45, 7) is 1.86. The van der Waals surface area contributed by atoms with Crippen LogP contribution in [-0.4, -0.2) is 70.3 Å². The molecule has 9 heteroatoms. The summed E-state index contributed by atoms with van der Waals surface area (Å²) in [5, 5.41) is 2.90. The van der Waals surface area contributed by atoms with Crippen molar-refractivity contribution in [2.75, 3.05) is 57.7 Å². The summed E-state index contributed by atoms with van der Waals surface area (Å²) in [6.07, 6.45) is 2.51. The molecule has 1 saturated heterocycles. The standard InChI is InChI=1S/C25H31N3O6/c1-31-20-13-17(14-21(32-2)24(20)33-3)26-23(29)16-28-15-22(25(30)27-11-7-4-8-12-27)34-19-10-6-5-9-18(19)28/h5-6,9-10,13-14,22H,4,7-8,11-12,15-16H2,1-3H3,(H,26,29)/t22-/m0/s1. The fourth-order valence-electron chi connectivity index (χ4n) is 4.43. The van der Waals surface area contributed by atoms with E-state index >= 15 is 0 Å². The van der Waals surface area contributed by atoms with Crippen LogP contribution in [-0.2, 0) is 9.59 Å². The lowest BCUT2D eigenvalue weighted by Crippen LogP contribution is -2.52. The molecular formula is C25H31N3O6. The summed E-state index contributed by atoms with van der Waals surface area (Å²) in [7, 11) is 4.57. The van der Waals surface area contributed by atoms with Crippen molar-refractivity contribution in [1.29, 1.82) is 0 Å². The molecule has 0 bridgehead atoms. The predicted octanol–water partition coefficient (Wildman–Crippen LogP) is 2.93. The Morgan fingerprint density at radius 1 is 1.00 bits per heavy atom. The van der Waals surface area contributed by atoms with Gasteiger partial charge in [-0.2, -0.15) is 0 Å². The second-order valence-corrected chi connectivity index (χ2v) is 8.30. The Morgan fingerprint density at radius 3 is 2.32 bits per heavy atom. The molecule has 2 aliphatic rings. The number of piperidine rings is 1. The van der Waals surface area contributed by atoms with E-state index in [1.165, 1.54) is 21.3 Å². The van der Waals surface area contributed by atoms with Gasteiger partial charge in [-0.3, -0.25) is 9.59 Å². The van der Waals surface area contributed by atoms with E-state index in [0.717, 1.165) is 38.0 Å². The molecule has 1 atom stereocenters. The second kappa shape index (κ2) is 10.5. The molecule has 0 aromatic heterocycles. The lowest BCUT2D eigenvalue weighted by atomic mass is 10.1. The second-order valence-electron chi connectivity index (χ2n) is 8.30. The number of amides is 2. The third-order valence-electron chi connectivity index (χ3n) is 6.09. The lowest BCUT2D eigenvalue weighted by molar-refractivity contribution is -0.139. The van der Waals surface area contributed by atoms with Gasteiger partial charge in [0.15, 0.2) is 17.6 Å². The van der Waals surface area contributed by atoms with Crippen molar-refractivity contribution in [3.63, 3.8) is 0 Å². The SMILES string of the molecule is COc1cc(NC(=O)CN2C[C@@H](C(=O)N3CCCCC3)Oc3ccccc32)cc(OC)c1OC. The number of methoxy groups -OCH3 is 3. The highest BCUT2D eigenvalue weighted by atomic mass is 16.5. The number of fused-ring (bicyclic) bond motifs is 1. The molecule has 2 heterocycles. The summed E-state index contributed by atoms with van der Waals surface area (Å²) in [6, 6.07) is 10.8. The molecule has 1 fully saturated rings. The first-order valence-electron chi connectivity index (χ1n) is 11.4. The van der Waals surface area contributed by atoms with Crippen LogP contribution < -0.4 is 29.2 Å². The van der Waals surface area contributed by atoms with Crippen LogP contribution in [0.5, 0.6) is 23.0 Å². The Bertz CT molecular complexity index is 1010. The third-order valence-corrected chi connectivity index (χ3v) is 6.09.